The van der Waals surface area contributed by atoms with Crippen LogP contribution in [0, 0.1) is 9.39 Å². The normalized spacial score (nSPS) is 10.3. The zero-order chi connectivity index (χ0) is 10.7. The van der Waals surface area contributed by atoms with Crippen molar-refractivity contribution >= 4 is 39.6 Å². The molecule has 0 saturated heterocycles. The second-order valence-electron chi connectivity index (χ2n) is 2.96. The molecule has 1 aromatic heterocycles. The molecule has 1 N–H and O–H groups in total. The lowest BCUT2D eigenvalue weighted by atomic mass is 10.3. The Hall–Kier alpha value is -0.690. The summed E-state index contributed by atoms with van der Waals surface area (Å²) >= 11 is 3.68. The lowest BCUT2D eigenvalue weighted by Crippen LogP contribution is -2.01. The molecule has 0 fully saturated rings. The van der Waals surface area contributed by atoms with Crippen LogP contribution in [0.4, 0.5) is 10.1 Å². The van der Waals surface area contributed by atoms with Crippen molar-refractivity contribution in [3.63, 3.8) is 0 Å². The van der Waals surface area contributed by atoms with Gasteiger partial charge in [0.15, 0.2) is 0 Å². The first-order valence-corrected chi connectivity index (χ1v) is 6.34. The van der Waals surface area contributed by atoms with E-state index in [0.717, 1.165) is 15.0 Å². The summed E-state index contributed by atoms with van der Waals surface area (Å²) in [6.07, 6.45) is 0. The van der Waals surface area contributed by atoms with E-state index in [1.165, 1.54) is 12.1 Å². The highest BCUT2D eigenvalue weighted by Gasteiger charge is 2.01. The van der Waals surface area contributed by atoms with Crippen LogP contribution in [-0.2, 0) is 6.54 Å². The molecule has 0 atom stereocenters. The van der Waals surface area contributed by atoms with Gasteiger partial charge in [-0.3, -0.25) is 0 Å². The van der Waals surface area contributed by atoms with E-state index in [1.54, 1.807) is 22.9 Å². The number of hydrogen-bond acceptors (Lipinski definition) is 3. The molecule has 0 radical (unpaired) electrons. The zero-order valence-corrected chi connectivity index (χ0v) is 10.7. The summed E-state index contributed by atoms with van der Waals surface area (Å²) in [4.78, 5) is 4.16. The standard InChI is InChI=1S/C10H8FIN2S/c11-7-1-2-10(9(12)3-7)13-4-8-5-15-6-14-8/h1-3,5-6,13H,4H2. The highest BCUT2D eigenvalue weighted by Crippen LogP contribution is 2.19. The summed E-state index contributed by atoms with van der Waals surface area (Å²) < 4.78 is 13.7. The third-order valence-electron chi connectivity index (χ3n) is 1.87. The van der Waals surface area contributed by atoms with Gasteiger partial charge in [0.1, 0.15) is 5.82 Å². The van der Waals surface area contributed by atoms with Crippen molar-refractivity contribution < 1.29 is 4.39 Å². The molecular weight excluding hydrogens is 326 g/mol. The fourth-order valence-corrected chi connectivity index (χ4v) is 2.37. The third kappa shape index (κ3) is 2.88. The number of anilines is 1. The van der Waals surface area contributed by atoms with Crippen LogP contribution in [0.15, 0.2) is 29.1 Å². The smallest absolute Gasteiger partial charge is 0.124 e. The topological polar surface area (TPSA) is 24.9 Å². The number of nitrogens with zero attached hydrogens (tertiary/aromatic N) is 1. The van der Waals surface area contributed by atoms with Gasteiger partial charge in [-0.2, -0.15) is 0 Å². The molecule has 0 aliphatic rings. The van der Waals surface area contributed by atoms with E-state index in [9.17, 15) is 4.39 Å². The van der Waals surface area contributed by atoms with Crippen LogP contribution in [0.5, 0.6) is 0 Å². The van der Waals surface area contributed by atoms with Crippen molar-refractivity contribution in [3.05, 3.63) is 44.2 Å². The first-order valence-electron chi connectivity index (χ1n) is 4.31. The third-order valence-corrected chi connectivity index (χ3v) is 3.40. The zero-order valence-electron chi connectivity index (χ0n) is 7.71. The molecule has 15 heavy (non-hydrogen) atoms. The fraction of sp³-hybridized carbons (Fsp3) is 0.100. The van der Waals surface area contributed by atoms with E-state index < -0.39 is 0 Å². The van der Waals surface area contributed by atoms with Crippen LogP contribution in [0.1, 0.15) is 5.69 Å². The van der Waals surface area contributed by atoms with Gasteiger partial charge in [0.25, 0.3) is 0 Å². The van der Waals surface area contributed by atoms with Crippen molar-refractivity contribution in [2.75, 3.05) is 5.32 Å². The van der Waals surface area contributed by atoms with Gasteiger partial charge in [-0.05, 0) is 40.8 Å². The van der Waals surface area contributed by atoms with Crippen molar-refractivity contribution in [2.45, 2.75) is 6.54 Å². The van der Waals surface area contributed by atoms with Gasteiger partial charge in [0.2, 0.25) is 0 Å². The molecule has 78 valence electrons. The first-order chi connectivity index (χ1) is 7.25. The largest absolute Gasteiger partial charge is 0.378 e. The van der Waals surface area contributed by atoms with Gasteiger partial charge in [-0.15, -0.1) is 11.3 Å². The summed E-state index contributed by atoms with van der Waals surface area (Å²) in [5, 5.41) is 5.20. The quantitative estimate of drug-likeness (QED) is 0.869. The molecule has 0 aliphatic heterocycles. The van der Waals surface area contributed by atoms with Gasteiger partial charge in [-0.1, -0.05) is 0 Å². The van der Waals surface area contributed by atoms with Gasteiger partial charge >= 0.3 is 0 Å². The number of nitrogens with one attached hydrogen (secondary N) is 1. The van der Waals surface area contributed by atoms with Crippen molar-refractivity contribution in [1.29, 1.82) is 0 Å². The maximum absolute atomic E-state index is 12.8. The maximum Gasteiger partial charge on any atom is 0.124 e. The Morgan fingerprint density at radius 1 is 1.47 bits per heavy atom. The Kier molecular flexibility index (Phi) is 3.53. The minimum atomic E-state index is -0.210. The van der Waals surface area contributed by atoms with Crippen molar-refractivity contribution in [2.24, 2.45) is 0 Å². The predicted octanol–water partition coefficient (Wildman–Crippen LogP) is 3.50. The summed E-state index contributed by atoms with van der Waals surface area (Å²) in [5.74, 6) is -0.210. The predicted molar refractivity (Wildman–Crippen MR) is 68.6 cm³/mol. The molecule has 5 heteroatoms. The SMILES string of the molecule is Fc1ccc(NCc2cscn2)c(I)c1. The van der Waals surface area contributed by atoms with Gasteiger partial charge in [-0.25, -0.2) is 9.37 Å². The summed E-state index contributed by atoms with van der Waals surface area (Å²) in [5.41, 5.74) is 3.73. The Bertz CT molecular complexity index is 445. The molecule has 2 aromatic rings. The minimum absolute atomic E-state index is 0.210. The minimum Gasteiger partial charge on any atom is -0.378 e. The molecular formula is C10H8FIN2S. The van der Waals surface area contributed by atoms with E-state index in [1.807, 2.05) is 5.38 Å². The summed E-state index contributed by atoms with van der Waals surface area (Å²) in [6.45, 7) is 0.672. The van der Waals surface area contributed by atoms with E-state index in [4.69, 9.17) is 0 Å². The highest BCUT2D eigenvalue weighted by atomic mass is 127. The van der Waals surface area contributed by atoms with Crippen LogP contribution in [-0.4, -0.2) is 4.98 Å². The Morgan fingerprint density at radius 3 is 3.00 bits per heavy atom. The molecule has 0 bridgehead atoms. The van der Waals surface area contributed by atoms with Crippen LogP contribution in [0.25, 0.3) is 0 Å². The van der Waals surface area contributed by atoms with Gasteiger partial charge in [0.05, 0.1) is 17.7 Å². The second-order valence-corrected chi connectivity index (χ2v) is 4.84. The Labute approximate surface area is 105 Å². The molecule has 0 saturated carbocycles. The molecule has 2 rings (SSSR count). The molecule has 2 nitrogen and oxygen atoms in total. The van der Waals surface area contributed by atoms with Crippen LogP contribution in [0.2, 0.25) is 0 Å². The second kappa shape index (κ2) is 4.89. The number of benzene rings is 1. The monoisotopic (exact) mass is 334 g/mol. The van der Waals surface area contributed by atoms with Gasteiger partial charge < -0.3 is 5.32 Å². The van der Waals surface area contributed by atoms with E-state index in [-0.39, 0.29) is 5.82 Å². The molecule has 1 aromatic carbocycles. The van der Waals surface area contributed by atoms with Gasteiger partial charge in [0, 0.05) is 14.6 Å². The molecule has 1 heterocycles. The van der Waals surface area contributed by atoms with Crippen molar-refractivity contribution in [3.8, 4) is 0 Å². The lowest BCUT2D eigenvalue weighted by Gasteiger charge is -2.06. The first kappa shape index (κ1) is 10.8. The lowest BCUT2D eigenvalue weighted by molar-refractivity contribution is 0.627. The number of hydrogen-bond donors (Lipinski definition) is 1. The summed E-state index contributed by atoms with van der Waals surface area (Å²) in [6, 6.07) is 4.69. The average molecular weight is 334 g/mol. The maximum atomic E-state index is 12.8. The molecule has 0 aliphatic carbocycles. The van der Waals surface area contributed by atoms with E-state index in [0.29, 0.717) is 6.54 Å². The average Bonchev–Trinajstić information content (AvgIpc) is 2.69. The summed E-state index contributed by atoms with van der Waals surface area (Å²) in [7, 11) is 0. The van der Waals surface area contributed by atoms with Crippen molar-refractivity contribution in [1.82, 2.24) is 4.98 Å². The number of rotatable bonds is 3. The number of halogens is 2. The fourth-order valence-electron chi connectivity index (χ4n) is 1.14. The number of thiazole rings is 1. The Balaban J connectivity index is 2.05. The van der Waals surface area contributed by atoms with E-state index in [2.05, 4.69) is 32.9 Å². The Morgan fingerprint density at radius 2 is 2.33 bits per heavy atom. The molecule has 0 spiro atoms. The molecule has 0 unspecified atom stereocenters. The highest BCUT2D eigenvalue weighted by molar-refractivity contribution is 14.1. The number of aromatic nitrogens is 1. The van der Waals surface area contributed by atoms with Crippen LogP contribution < -0.4 is 5.32 Å². The van der Waals surface area contributed by atoms with Crippen LogP contribution in [0.3, 0.4) is 0 Å². The van der Waals surface area contributed by atoms with E-state index >= 15 is 0 Å². The van der Waals surface area contributed by atoms with Crippen LogP contribution >= 0.6 is 33.9 Å². The molecule has 0 amide bonds.